The average molecular weight is 336 g/mol. The van der Waals surface area contributed by atoms with Gasteiger partial charge in [-0.15, -0.1) is 11.8 Å². The lowest BCUT2D eigenvalue weighted by Crippen LogP contribution is -2.19. The van der Waals surface area contributed by atoms with Crippen LogP contribution in [0.15, 0.2) is 22.7 Å². The Labute approximate surface area is 116 Å². The summed E-state index contributed by atoms with van der Waals surface area (Å²) in [7, 11) is 0. The molecule has 1 rings (SSSR count). The first-order valence-corrected chi connectivity index (χ1v) is 6.83. The molecule has 1 atom stereocenters. The summed E-state index contributed by atoms with van der Waals surface area (Å²) >= 11 is 4.08. The summed E-state index contributed by atoms with van der Waals surface area (Å²) in [4.78, 5) is 22.0. The first kappa shape index (κ1) is 15.0. The highest BCUT2D eigenvalue weighted by molar-refractivity contribution is 9.10. The Morgan fingerprint density at radius 3 is 2.78 bits per heavy atom. The van der Waals surface area contributed by atoms with Crippen molar-refractivity contribution in [3.05, 3.63) is 28.5 Å². The molecule has 98 valence electrons. The highest BCUT2D eigenvalue weighted by Crippen LogP contribution is 2.20. The van der Waals surface area contributed by atoms with Crippen molar-refractivity contribution in [3.8, 4) is 0 Å². The summed E-state index contributed by atoms with van der Waals surface area (Å²) in [5, 5.41) is 10.3. The van der Waals surface area contributed by atoms with Crippen LogP contribution in [-0.2, 0) is 9.59 Å². The molecule has 0 spiro atoms. The van der Waals surface area contributed by atoms with Crippen LogP contribution in [-0.4, -0.2) is 28.0 Å². The number of carbonyl (C=O) groups is 2. The summed E-state index contributed by atoms with van der Waals surface area (Å²) in [6, 6.07) is 4.27. The van der Waals surface area contributed by atoms with Gasteiger partial charge in [0, 0.05) is 4.47 Å². The summed E-state index contributed by atoms with van der Waals surface area (Å²) in [5.74, 6) is -2.01. The van der Waals surface area contributed by atoms with Crippen molar-refractivity contribution < 1.29 is 19.1 Å². The van der Waals surface area contributed by atoms with Gasteiger partial charge in [0.25, 0.3) is 0 Å². The third-order valence-corrected chi connectivity index (χ3v) is 3.64. The van der Waals surface area contributed by atoms with Gasteiger partial charge in [-0.1, -0.05) is 15.9 Å². The monoisotopic (exact) mass is 335 g/mol. The van der Waals surface area contributed by atoms with Crippen LogP contribution >= 0.6 is 27.7 Å². The fourth-order valence-electron chi connectivity index (χ4n) is 1.05. The Balaban J connectivity index is 2.52. The maximum atomic E-state index is 13.4. The molecule has 1 aromatic carbocycles. The third kappa shape index (κ3) is 4.66. The molecule has 0 heterocycles. The van der Waals surface area contributed by atoms with Crippen LogP contribution in [0.1, 0.15) is 6.92 Å². The second-order valence-electron chi connectivity index (χ2n) is 3.46. The normalized spacial score (nSPS) is 11.9. The van der Waals surface area contributed by atoms with Crippen LogP contribution in [0.25, 0.3) is 0 Å². The van der Waals surface area contributed by atoms with E-state index >= 15 is 0 Å². The molecule has 0 saturated carbocycles. The summed E-state index contributed by atoms with van der Waals surface area (Å²) in [6.45, 7) is 1.49. The van der Waals surface area contributed by atoms with E-state index in [-0.39, 0.29) is 11.4 Å². The number of benzene rings is 1. The van der Waals surface area contributed by atoms with Crippen molar-refractivity contribution in [1.82, 2.24) is 0 Å². The number of halogens is 2. The molecule has 0 aliphatic rings. The fourth-order valence-corrected chi connectivity index (χ4v) is 2.00. The average Bonchev–Trinajstić information content (AvgIpc) is 2.29. The van der Waals surface area contributed by atoms with Crippen molar-refractivity contribution in [1.29, 1.82) is 0 Å². The Hall–Kier alpha value is -1.08. The second-order valence-corrected chi connectivity index (χ2v) is 5.71. The number of thioether (sulfide) groups is 1. The smallest absolute Gasteiger partial charge is 0.316 e. The quantitative estimate of drug-likeness (QED) is 0.868. The molecule has 0 aliphatic carbocycles. The van der Waals surface area contributed by atoms with Crippen molar-refractivity contribution in [2.75, 3.05) is 11.1 Å². The van der Waals surface area contributed by atoms with E-state index in [4.69, 9.17) is 5.11 Å². The Bertz CT molecular complexity index is 470. The summed E-state index contributed by atoms with van der Waals surface area (Å²) in [5.41, 5.74) is 0.0757. The number of carboxylic acid groups (broad SMARTS) is 1. The molecule has 1 amide bonds. The van der Waals surface area contributed by atoms with Gasteiger partial charge in [-0.25, -0.2) is 4.39 Å². The minimum atomic E-state index is -0.984. The molecular formula is C11H11BrFNO3S. The largest absolute Gasteiger partial charge is 0.480 e. The van der Waals surface area contributed by atoms with Crippen molar-refractivity contribution >= 4 is 45.3 Å². The van der Waals surface area contributed by atoms with Crippen LogP contribution in [0.5, 0.6) is 0 Å². The maximum absolute atomic E-state index is 13.4. The van der Waals surface area contributed by atoms with Gasteiger partial charge in [-0.05, 0) is 25.1 Å². The van der Waals surface area contributed by atoms with E-state index in [0.717, 1.165) is 11.8 Å². The molecule has 0 aromatic heterocycles. The maximum Gasteiger partial charge on any atom is 0.316 e. The highest BCUT2D eigenvalue weighted by atomic mass is 79.9. The number of anilines is 1. The van der Waals surface area contributed by atoms with Crippen LogP contribution in [0, 0.1) is 5.82 Å². The number of hydrogen-bond donors (Lipinski definition) is 2. The van der Waals surface area contributed by atoms with Gasteiger partial charge in [0.15, 0.2) is 0 Å². The molecule has 18 heavy (non-hydrogen) atoms. The molecule has 4 nitrogen and oxygen atoms in total. The molecule has 0 fully saturated rings. The van der Waals surface area contributed by atoms with Crippen LogP contribution in [0.4, 0.5) is 10.1 Å². The first-order valence-electron chi connectivity index (χ1n) is 4.99. The van der Waals surface area contributed by atoms with E-state index in [1.54, 1.807) is 6.07 Å². The topological polar surface area (TPSA) is 66.4 Å². The number of aliphatic carboxylic acids is 1. The van der Waals surface area contributed by atoms with Gasteiger partial charge in [0.05, 0.1) is 16.7 Å². The Kier molecular flexibility index (Phi) is 5.61. The van der Waals surface area contributed by atoms with E-state index in [2.05, 4.69) is 21.2 Å². The summed E-state index contributed by atoms with van der Waals surface area (Å²) in [6.07, 6.45) is 0. The lowest BCUT2D eigenvalue weighted by atomic mass is 10.3. The lowest BCUT2D eigenvalue weighted by molar-refractivity contribution is -0.136. The van der Waals surface area contributed by atoms with E-state index in [0.29, 0.717) is 4.47 Å². The first-order chi connectivity index (χ1) is 8.40. The summed E-state index contributed by atoms with van der Waals surface area (Å²) < 4.78 is 14.0. The van der Waals surface area contributed by atoms with Crippen LogP contribution in [0.2, 0.25) is 0 Å². The van der Waals surface area contributed by atoms with E-state index in [9.17, 15) is 14.0 Å². The number of carboxylic acids is 1. The molecule has 0 radical (unpaired) electrons. The number of amides is 1. The molecule has 1 unspecified atom stereocenters. The number of carbonyl (C=O) groups excluding carboxylic acids is 1. The second kappa shape index (κ2) is 6.75. The van der Waals surface area contributed by atoms with Gasteiger partial charge >= 0.3 is 5.97 Å². The fraction of sp³-hybridized carbons (Fsp3) is 0.273. The molecule has 2 N–H and O–H groups in total. The van der Waals surface area contributed by atoms with Gasteiger partial charge in [-0.3, -0.25) is 9.59 Å². The van der Waals surface area contributed by atoms with Gasteiger partial charge in [0.1, 0.15) is 5.82 Å². The van der Waals surface area contributed by atoms with Crippen LogP contribution < -0.4 is 5.32 Å². The molecular weight excluding hydrogens is 325 g/mol. The number of nitrogens with one attached hydrogen (secondary N) is 1. The zero-order valence-corrected chi connectivity index (χ0v) is 11.8. The molecule has 0 bridgehead atoms. The van der Waals surface area contributed by atoms with Gasteiger partial charge < -0.3 is 10.4 Å². The Morgan fingerprint density at radius 2 is 2.22 bits per heavy atom. The zero-order valence-electron chi connectivity index (χ0n) is 9.44. The van der Waals surface area contributed by atoms with Crippen molar-refractivity contribution in [3.63, 3.8) is 0 Å². The molecule has 1 aromatic rings. The van der Waals surface area contributed by atoms with Crippen LogP contribution in [0.3, 0.4) is 0 Å². The highest BCUT2D eigenvalue weighted by Gasteiger charge is 2.14. The SMILES string of the molecule is CC(SCC(=O)Nc1ccc(Br)cc1F)C(=O)O. The number of rotatable bonds is 5. The van der Waals surface area contributed by atoms with E-state index < -0.39 is 22.9 Å². The molecule has 7 heteroatoms. The minimum absolute atomic E-state index is 0.0387. The van der Waals surface area contributed by atoms with E-state index in [1.807, 2.05) is 0 Å². The van der Waals surface area contributed by atoms with E-state index in [1.165, 1.54) is 19.1 Å². The zero-order chi connectivity index (χ0) is 13.7. The molecule has 0 aliphatic heterocycles. The lowest BCUT2D eigenvalue weighted by Gasteiger charge is -2.08. The predicted molar refractivity (Wildman–Crippen MR) is 72.3 cm³/mol. The van der Waals surface area contributed by atoms with Crippen molar-refractivity contribution in [2.45, 2.75) is 12.2 Å². The predicted octanol–water partition coefficient (Wildman–Crippen LogP) is 2.73. The molecule has 0 saturated heterocycles. The Morgan fingerprint density at radius 1 is 1.56 bits per heavy atom. The van der Waals surface area contributed by atoms with Gasteiger partial charge in [0.2, 0.25) is 5.91 Å². The van der Waals surface area contributed by atoms with Crippen molar-refractivity contribution in [2.24, 2.45) is 0 Å². The minimum Gasteiger partial charge on any atom is -0.480 e. The van der Waals surface area contributed by atoms with Gasteiger partial charge in [-0.2, -0.15) is 0 Å². The number of hydrogen-bond acceptors (Lipinski definition) is 3. The third-order valence-electron chi connectivity index (χ3n) is 2.02. The standard InChI is InChI=1S/C11H11BrFNO3S/c1-6(11(16)17)18-5-10(15)14-9-3-2-7(12)4-8(9)13/h2-4,6H,5H2,1H3,(H,14,15)(H,16,17).